The lowest BCUT2D eigenvalue weighted by molar-refractivity contribution is 0.318. The maximum atomic E-state index is 9.25. The van der Waals surface area contributed by atoms with Crippen molar-refractivity contribution < 1.29 is 9.62 Å². The van der Waals surface area contributed by atoms with E-state index in [4.69, 9.17) is 10.2 Å². The number of nitrogen functional groups attached to an aromatic ring is 1. The van der Waals surface area contributed by atoms with E-state index in [1.54, 1.807) is 0 Å². The molecule has 1 aromatic heterocycles. The number of benzene rings is 2. The molecule has 3 N–H and O–H groups in total. The van der Waals surface area contributed by atoms with Crippen molar-refractivity contribution in [3.63, 3.8) is 0 Å². The molecule has 0 atom stereocenters. The minimum atomic E-state index is 0.328. The van der Waals surface area contributed by atoms with Crippen LogP contribution in [0.2, 0.25) is 0 Å². The Labute approximate surface area is 109 Å². The van der Waals surface area contributed by atoms with Gasteiger partial charge in [0.05, 0.1) is 5.69 Å². The van der Waals surface area contributed by atoms with Crippen molar-refractivity contribution in [2.45, 2.75) is 0 Å². The number of hydrogen-bond donors (Lipinski definition) is 2. The van der Waals surface area contributed by atoms with Gasteiger partial charge in [-0.1, -0.05) is 47.6 Å². The van der Waals surface area contributed by atoms with Crippen LogP contribution in [0.5, 0.6) is 0 Å². The monoisotopic (exact) mass is 252 g/mol. The lowest BCUT2D eigenvalue weighted by Gasteiger charge is -2.02. The molecule has 0 unspecified atom stereocenters. The average Bonchev–Trinajstić information content (AvgIpc) is 2.79. The van der Waals surface area contributed by atoms with Crippen LogP contribution in [0, 0.1) is 0 Å². The molecule has 0 amide bonds. The van der Waals surface area contributed by atoms with Crippen LogP contribution in [0.25, 0.3) is 11.0 Å². The molecule has 3 rings (SSSR count). The van der Waals surface area contributed by atoms with Crippen molar-refractivity contribution >= 4 is 22.4 Å². The summed E-state index contributed by atoms with van der Waals surface area (Å²) in [7, 11) is 0. The third kappa shape index (κ3) is 1.83. The second-order valence-electron chi connectivity index (χ2n) is 4.16. The fourth-order valence-corrected chi connectivity index (χ4v) is 2.07. The lowest BCUT2D eigenvalue weighted by Crippen LogP contribution is -2.04. The van der Waals surface area contributed by atoms with Crippen LogP contribution in [-0.4, -0.2) is 10.9 Å². The van der Waals surface area contributed by atoms with E-state index in [2.05, 4.69) is 5.16 Å². The Hall–Kier alpha value is -2.75. The maximum absolute atomic E-state index is 9.25. The molecule has 0 aliphatic carbocycles. The summed E-state index contributed by atoms with van der Waals surface area (Å²) in [6.45, 7) is 0. The largest absolute Gasteiger partial charge is 0.452 e. The number of nitrogens with zero attached hydrogens (tertiary/aromatic N) is 1. The zero-order valence-electron chi connectivity index (χ0n) is 10.1. The first kappa shape index (κ1) is 11.3. The third-order valence-corrected chi connectivity index (χ3v) is 3.00. The fraction of sp³-hybridized carbons (Fsp3) is 0. The van der Waals surface area contributed by atoms with Crippen LogP contribution < -0.4 is 5.73 Å². The first-order valence-corrected chi connectivity index (χ1v) is 5.86. The molecule has 3 aromatic rings. The predicted molar refractivity (Wildman–Crippen MR) is 74.5 cm³/mol. The zero-order chi connectivity index (χ0) is 13.2. The van der Waals surface area contributed by atoms with Crippen LogP contribution in [0.1, 0.15) is 11.3 Å². The summed E-state index contributed by atoms with van der Waals surface area (Å²) in [5.74, 6) is 0.384. The van der Waals surface area contributed by atoms with Gasteiger partial charge in [0.15, 0.2) is 11.5 Å². The van der Waals surface area contributed by atoms with Crippen molar-refractivity contribution in [2.24, 2.45) is 5.16 Å². The topological polar surface area (TPSA) is 71.8 Å². The summed E-state index contributed by atoms with van der Waals surface area (Å²) in [5, 5.41) is 13.4. The molecule has 4 heteroatoms. The van der Waals surface area contributed by atoms with E-state index in [1.807, 2.05) is 54.6 Å². The quantitative estimate of drug-likeness (QED) is 0.418. The van der Waals surface area contributed by atoms with Crippen molar-refractivity contribution in [3.8, 4) is 0 Å². The summed E-state index contributed by atoms with van der Waals surface area (Å²) >= 11 is 0. The van der Waals surface area contributed by atoms with Gasteiger partial charge in [0.1, 0.15) is 5.58 Å². The Bertz CT molecular complexity index is 745. The van der Waals surface area contributed by atoms with Crippen LogP contribution in [0.3, 0.4) is 0 Å². The highest BCUT2D eigenvalue weighted by Gasteiger charge is 2.18. The summed E-state index contributed by atoms with van der Waals surface area (Å²) in [6, 6.07) is 16.7. The number of anilines is 1. The Balaban J connectivity index is 2.21. The molecule has 94 valence electrons. The molecule has 0 saturated heterocycles. The minimum Gasteiger partial charge on any atom is -0.452 e. The average molecular weight is 252 g/mol. The molecule has 0 radical (unpaired) electrons. The number of rotatable bonds is 2. The third-order valence-electron chi connectivity index (χ3n) is 3.00. The van der Waals surface area contributed by atoms with Crippen LogP contribution in [-0.2, 0) is 0 Å². The molecule has 0 spiro atoms. The summed E-state index contributed by atoms with van der Waals surface area (Å²) in [4.78, 5) is 0. The molecule has 1 heterocycles. The molecule has 0 saturated carbocycles. The SMILES string of the molecule is Nc1c(/C(=N/O)c2ccccc2)oc2ccccc12. The predicted octanol–water partition coefficient (Wildman–Crippen LogP) is 3.24. The number of fused-ring (bicyclic) bond motifs is 1. The van der Waals surface area contributed by atoms with Gasteiger partial charge in [0.25, 0.3) is 0 Å². The van der Waals surface area contributed by atoms with Crippen LogP contribution >= 0.6 is 0 Å². The van der Waals surface area contributed by atoms with Gasteiger partial charge in [0, 0.05) is 10.9 Å². The Morgan fingerprint density at radius 1 is 1.00 bits per heavy atom. The Morgan fingerprint density at radius 2 is 1.68 bits per heavy atom. The highest BCUT2D eigenvalue weighted by molar-refractivity contribution is 6.17. The zero-order valence-corrected chi connectivity index (χ0v) is 10.1. The number of hydrogen-bond acceptors (Lipinski definition) is 4. The number of nitrogens with two attached hydrogens (primary N) is 1. The molecule has 19 heavy (non-hydrogen) atoms. The Kier molecular flexibility index (Phi) is 2.68. The van der Waals surface area contributed by atoms with Gasteiger partial charge in [-0.15, -0.1) is 0 Å². The molecule has 0 fully saturated rings. The number of para-hydroxylation sites is 1. The van der Waals surface area contributed by atoms with E-state index in [9.17, 15) is 5.21 Å². The van der Waals surface area contributed by atoms with E-state index in [0.29, 0.717) is 22.7 Å². The lowest BCUT2D eigenvalue weighted by atomic mass is 10.1. The molecule has 2 aromatic carbocycles. The smallest absolute Gasteiger partial charge is 0.180 e. The summed E-state index contributed by atoms with van der Waals surface area (Å²) < 4.78 is 5.69. The van der Waals surface area contributed by atoms with Gasteiger partial charge in [-0.3, -0.25) is 0 Å². The first-order chi connectivity index (χ1) is 9.31. The van der Waals surface area contributed by atoms with Crippen LogP contribution in [0.15, 0.2) is 64.2 Å². The van der Waals surface area contributed by atoms with Crippen molar-refractivity contribution in [2.75, 3.05) is 5.73 Å². The summed E-state index contributed by atoms with van der Waals surface area (Å²) in [5.41, 5.74) is 8.29. The van der Waals surface area contributed by atoms with Gasteiger partial charge in [-0.2, -0.15) is 0 Å². The summed E-state index contributed by atoms with van der Waals surface area (Å²) in [6.07, 6.45) is 0. The number of oxime groups is 1. The molecular weight excluding hydrogens is 240 g/mol. The van der Waals surface area contributed by atoms with Gasteiger partial charge < -0.3 is 15.4 Å². The number of furan rings is 1. The van der Waals surface area contributed by atoms with Crippen molar-refractivity contribution in [1.82, 2.24) is 0 Å². The minimum absolute atomic E-state index is 0.328. The van der Waals surface area contributed by atoms with E-state index < -0.39 is 0 Å². The first-order valence-electron chi connectivity index (χ1n) is 5.86. The van der Waals surface area contributed by atoms with E-state index in [1.165, 1.54) is 0 Å². The van der Waals surface area contributed by atoms with Crippen molar-refractivity contribution in [3.05, 3.63) is 65.9 Å². The molecule has 4 nitrogen and oxygen atoms in total. The highest BCUT2D eigenvalue weighted by atomic mass is 16.4. The van der Waals surface area contributed by atoms with E-state index in [-0.39, 0.29) is 0 Å². The molecule has 0 aliphatic heterocycles. The fourth-order valence-electron chi connectivity index (χ4n) is 2.07. The van der Waals surface area contributed by atoms with Gasteiger partial charge in [-0.25, -0.2) is 0 Å². The highest BCUT2D eigenvalue weighted by Crippen LogP contribution is 2.29. The van der Waals surface area contributed by atoms with Gasteiger partial charge in [0.2, 0.25) is 0 Å². The normalized spacial score (nSPS) is 11.9. The second-order valence-corrected chi connectivity index (χ2v) is 4.16. The van der Waals surface area contributed by atoms with Gasteiger partial charge >= 0.3 is 0 Å². The molecular formula is C15H12N2O2. The Morgan fingerprint density at radius 3 is 2.37 bits per heavy atom. The van der Waals surface area contributed by atoms with Gasteiger partial charge in [-0.05, 0) is 12.1 Å². The standard InChI is InChI=1S/C15H12N2O2/c16-13-11-8-4-5-9-12(11)19-15(13)14(17-18)10-6-2-1-3-7-10/h1-9,18H,16H2/b17-14+. The maximum Gasteiger partial charge on any atom is 0.180 e. The van der Waals surface area contributed by atoms with Crippen molar-refractivity contribution in [1.29, 1.82) is 0 Å². The van der Waals surface area contributed by atoms with Crippen LogP contribution in [0.4, 0.5) is 5.69 Å². The second kappa shape index (κ2) is 4.49. The molecule has 0 aliphatic rings. The van der Waals surface area contributed by atoms with E-state index >= 15 is 0 Å². The van der Waals surface area contributed by atoms with E-state index in [0.717, 1.165) is 10.9 Å². The molecule has 0 bridgehead atoms.